The molecule has 5 heteroatoms. The number of ether oxygens (including phenoxy) is 2. The van der Waals surface area contributed by atoms with Crippen molar-refractivity contribution < 1.29 is 9.47 Å². The molecule has 3 rings (SSSR count). The molecule has 0 saturated carbocycles. The van der Waals surface area contributed by atoms with Gasteiger partial charge in [-0.2, -0.15) is 5.10 Å². The Morgan fingerprint density at radius 2 is 1.78 bits per heavy atom. The summed E-state index contributed by atoms with van der Waals surface area (Å²) in [6, 6.07) is 16.1. The van der Waals surface area contributed by atoms with E-state index in [1.165, 1.54) is 0 Å². The Bertz CT molecular complexity index is 873. The van der Waals surface area contributed by atoms with Gasteiger partial charge in [-0.05, 0) is 18.4 Å². The maximum atomic E-state index is 5.56. The molecule has 2 N–H and O–H groups in total. The van der Waals surface area contributed by atoms with Crippen molar-refractivity contribution in [2.24, 2.45) is 5.92 Å². The van der Waals surface area contributed by atoms with Crippen LogP contribution in [-0.4, -0.2) is 24.4 Å². The minimum absolute atomic E-state index is 0.529. The molecule has 142 valence electrons. The number of para-hydroxylation sites is 1. The molecule has 3 aromatic rings. The van der Waals surface area contributed by atoms with Crippen LogP contribution >= 0.6 is 0 Å². The summed E-state index contributed by atoms with van der Waals surface area (Å²) < 4.78 is 11.0. The predicted octanol–water partition coefficient (Wildman–Crippen LogP) is 4.90. The van der Waals surface area contributed by atoms with Gasteiger partial charge in [-0.15, -0.1) is 0 Å². The van der Waals surface area contributed by atoms with Gasteiger partial charge in [-0.3, -0.25) is 5.10 Å². The average Bonchev–Trinajstić information content (AvgIpc) is 3.08. The molecule has 1 aromatic heterocycles. The first kappa shape index (κ1) is 18.8. The summed E-state index contributed by atoms with van der Waals surface area (Å²) in [7, 11) is 3.32. The molecule has 2 aromatic carbocycles. The molecule has 1 heterocycles. The van der Waals surface area contributed by atoms with Crippen LogP contribution in [0, 0.1) is 5.92 Å². The van der Waals surface area contributed by atoms with E-state index >= 15 is 0 Å². The fraction of sp³-hybridized carbons (Fsp3) is 0.318. The monoisotopic (exact) mass is 365 g/mol. The van der Waals surface area contributed by atoms with Crippen LogP contribution in [0.4, 0.5) is 5.69 Å². The quantitative estimate of drug-likeness (QED) is 0.596. The van der Waals surface area contributed by atoms with Crippen molar-refractivity contribution in [1.29, 1.82) is 0 Å². The maximum absolute atomic E-state index is 5.56. The molecule has 0 saturated heterocycles. The zero-order chi connectivity index (χ0) is 19.2. The predicted molar refractivity (Wildman–Crippen MR) is 109 cm³/mol. The number of methoxy groups -OCH3 is 2. The molecular formula is C22H27N3O2. The molecule has 0 spiro atoms. The van der Waals surface area contributed by atoms with E-state index in [0.29, 0.717) is 12.5 Å². The van der Waals surface area contributed by atoms with E-state index in [9.17, 15) is 0 Å². The number of hydrogen-bond donors (Lipinski definition) is 2. The molecule has 0 unspecified atom stereocenters. The second-order valence-electron chi connectivity index (χ2n) is 6.90. The Labute approximate surface area is 160 Å². The number of aromatic nitrogens is 2. The Balaban J connectivity index is 1.93. The van der Waals surface area contributed by atoms with Crippen LogP contribution < -0.4 is 14.8 Å². The largest absolute Gasteiger partial charge is 0.493 e. The van der Waals surface area contributed by atoms with Gasteiger partial charge in [0.2, 0.25) is 0 Å². The van der Waals surface area contributed by atoms with Gasteiger partial charge in [0, 0.05) is 17.7 Å². The van der Waals surface area contributed by atoms with E-state index < -0.39 is 0 Å². The summed E-state index contributed by atoms with van der Waals surface area (Å²) in [6.45, 7) is 5.03. The third kappa shape index (κ3) is 4.25. The second-order valence-corrected chi connectivity index (χ2v) is 6.90. The smallest absolute Gasteiger partial charge is 0.165 e. The highest BCUT2D eigenvalue weighted by atomic mass is 16.5. The van der Waals surface area contributed by atoms with Gasteiger partial charge in [0.25, 0.3) is 0 Å². The summed E-state index contributed by atoms with van der Waals surface area (Å²) in [4.78, 5) is 0. The third-order valence-electron chi connectivity index (χ3n) is 4.44. The fourth-order valence-electron chi connectivity index (χ4n) is 3.21. The lowest BCUT2D eigenvalue weighted by atomic mass is 10.0. The van der Waals surface area contributed by atoms with Crippen molar-refractivity contribution in [2.75, 3.05) is 19.5 Å². The lowest BCUT2D eigenvalue weighted by Crippen LogP contribution is -2.06. The Hall–Kier alpha value is -2.95. The average molecular weight is 365 g/mol. The van der Waals surface area contributed by atoms with Crippen LogP contribution in [-0.2, 0) is 13.0 Å². The molecule has 0 radical (unpaired) electrons. The minimum atomic E-state index is 0.529. The van der Waals surface area contributed by atoms with Crippen molar-refractivity contribution in [3.63, 3.8) is 0 Å². The van der Waals surface area contributed by atoms with E-state index in [-0.39, 0.29) is 0 Å². The summed E-state index contributed by atoms with van der Waals surface area (Å²) in [5.41, 5.74) is 5.22. The first-order chi connectivity index (χ1) is 13.1. The summed E-state index contributed by atoms with van der Waals surface area (Å²) in [6.07, 6.45) is 0.928. The van der Waals surface area contributed by atoms with E-state index in [1.807, 2.05) is 36.4 Å². The lowest BCUT2D eigenvalue weighted by molar-refractivity contribution is 0.352. The van der Waals surface area contributed by atoms with Gasteiger partial charge in [0.05, 0.1) is 25.6 Å². The topological polar surface area (TPSA) is 59.2 Å². The second kappa shape index (κ2) is 8.62. The van der Waals surface area contributed by atoms with Crippen LogP contribution in [0.2, 0.25) is 0 Å². The number of nitrogens with one attached hydrogen (secondary N) is 2. The van der Waals surface area contributed by atoms with Crippen LogP contribution in [0.15, 0.2) is 48.5 Å². The Kier molecular flexibility index (Phi) is 6.01. The molecule has 0 aliphatic heterocycles. The van der Waals surface area contributed by atoms with Crippen molar-refractivity contribution >= 4 is 5.69 Å². The molecule has 0 bridgehead atoms. The van der Waals surface area contributed by atoms with Crippen LogP contribution in [0.3, 0.4) is 0 Å². The highest BCUT2D eigenvalue weighted by Gasteiger charge is 2.17. The lowest BCUT2D eigenvalue weighted by Gasteiger charge is -2.15. The highest BCUT2D eigenvalue weighted by molar-refractivity contribution is 5.76. The Morgan fingerprint density at radius 1 is 1.00 bits per heavy atom. The van der Waals surface area contributed by atoms with Gasteiger partial charge in [-0.25, -0.2) is 0 Å². The fourth-order valence-corrected chi connectivity index (χ4v) is 3.21. The SMILES string of the molecule is COc1cccc(CNc2c(-c3ccccc3)n[nH]c2CC(C)C)c1OC. The number of H-pyrrole nitrogens is 1. The summed E-state index contributed by atoms with van der Waals surface area (Å²) >= 11 is 0. The Morgan fingerprint density at radius 3 is 2.44 bits per heavy atom. The van der Waals surface area contributed by atoms with Crippen LogP contribution in [0.5, 0.6) is 11.5 Å². The number of aromatic amines is 1. The van der Waals surface area contributed by atoms with Crippen molar-refractivity contribution in [3.05, 3.63) is 59.8 Å². The van der Waals surface area contributed by atoms with Gasteiger partial charge < -0.3 is 14.8 Å². The van der Waals surface area contributed by atoms with Gasteiger partial charge in [0.15, 0.2) is 11.5 Å². The highest BCUT2D eigenvalue weighted by Crippen LogP contribution is 2.34. The van der Waals surface area contributed by atoms with Gasteiger partial charge in [0.1, 0.15) is 5.69 Å². The zero-order valence-electron chi connectivity index (χ0n) is 16.4. The van der Waals surface area contributed by atoms with Crippen molar-refractivity contribution in [3.8, 4) is 22.8 Å². The van der Waals surface area contributed by atoms with Crippen molar-refractivity contribution in [1.82, 2.24) is 10.2 Å². The van der Waals surface area contributed by atoms with E-state index in [4.69, 9.17) is 9.47 Å². The molecule has 0 aliphatic rings. The van der Waals surface area contributed by atoms with E-state index in [1.54, 1.807) is 14.2 Å². The molecule has 27 heavy (non-hydrogen) atoms. The van der Waals surface area contributed by atoms with Gasteiger partial charge in [-0.1, -0.05) is 56.3 Å². The number of nitrogens with zero attached hydrogens (tertiary/aromatic N) is 1. The normalized spacial score (nSPS) is 10.9. The van der Waals surface area contributed by atoms with Crippen LogP contribution in [0.1, 0.15) is 25.1 Å². The van der Waals surface area contributed by atoms with E-state index in [2.05, 4.69) is 41.5 Å². The number of benzene rings is 2. The van der Waals surface area contributed by atoms with E-state index in [0.717, 1.165) is 46.1 Å². The molecule has 0 fully saturated rings. The molecule has 0 aliphatic carbocycles. The first-order valence-electron chi connectivity index (χ1n) is 9.20. The minimum Gasteiger partial charge on any atom is -0.493 e. The molecule has 0 atom stereocenters. The molecule has 5 nitrogen and oxygen atoms in total. The summed E-state index contributed by atoms with van der Waals surface area (Å²) in [5, 5.41) is 11.4. The van der Waals surface area contributed by atoms with Crippen molar-refractivity contribution in [2.45, 2.75) is 26.8 Å². The van der Waals surface area contributed by atoms with Gasteiger partial charge >= 0.3 is 0 Å². The first-order valence-corrected chi connectivity index (χ1v) is 9.20. The standard InChI is InChI=1S/C22H27N3O2/c1-15(2)13-18-21(20(25-24-18)16-9-6-5-7-10-16)23-14-17-11-8-12-19(26-3)22(17)27-4/h5-12,15,23H,13-14H2,1-4H3,(H,24,25). The number of rotatable bonds is 8. The molecular weight excluding hydrogens is 338 g/mol. The molecule has 0 amide bonds. The number of anilines is 1. The van der Waals surface area contributed by atoms with Crippen LogP contribution in [0.25, 0.3) is 11.3 Å². The maximum Gasteiger partial charge on any atom is 0.165 e. The number of hydrogen-bond acceptors (Lipinski definition) is 4. The summed E-state index contributed by atoms with van der Waals surface area (Å²) in [5.74, 6) is 2.01. The zero-order valence-corrected chi connectivity index (χ0v) is 16.4. The third-order valence-corrected chi connectivity index (χ3v) is 4.44.